The molecule has 0 rings (SSSR count). The molecule has 0 aliphatic rings. The molecule has 0 aromatic carbocycles. The molecule has 0 saturated carbocycles. The lowest BCUT2D eigenvalue weighted by atomic mass is 10.0. The van der Waals surface area contributed by atoms with Crippen molar-refractivity contribution in [2.24, 2.45) is 11.7 Å². The van der Waals surface area contributed by atoms with Crippen molar-refractivity contribution in [3.63, 3.8) is 0 Å². The van der Waals surface area contributed by atoms with Crippen LogP contribution in [0.3, 0.4) is 0 Å². The minimum Gasteiger partial charge on any atom is -0.392 e. The third-order valence-electron chi connectivity index (χ3n) is 1.92. The summed E-state index contributed by atoms with van der Waals surface area (Å²) in [6.45, 7) is 5.78. The number of hydrogen-bond donors (Lipinski definition) is 2. The van der Waals surface area contributed by atoms with Gasteiger partial charge in [-0.25, -0.2) is 0 Å². The van der Waals surface area contributed by atoms with Gasteiger partial charge in [0.1, 0.15) is 0 Å². The minimum atomic E-state index is -0.506. The molecule has 0 aliphatic heterocycles. The van der Waals surface area contributed by atoms with E-state index in [4.69, 9.17) is 10.8 Å². The van der Waals surface area contributed by atoms with Crippen LogP contribution in [0.25, 0.3) is 0 Å². The molecule has 2 atom stereocenters. The van der Waals surface area contributed by atoms with Crippen LogP contribution >= 0.6 is 0 Å². The molecule has 0 spiro atoms. The van der Waals surface area contributed by atoms with Gasteiger partial charge in [-0.2, -0.15) is 0 Å². The van der Waals surface area contributed by atoms with Crippen LogP contribution in [0, 0.1) is 5.92 Å². The van der Waals surface area contributed by atoms with Gasteiger partial charge < -0.3 is 15.7 Å². The number of amides is 1. The largest absolute Gasteiger partial charge is 0.392 e. The first-order valence-corrected chi connectivity index (χ1v) is 4.55. The first kappa shape index (κ1) is 12.4. The Morgan fingerprint density at radius 3 is 2.23 bits per heavy atom. The fraction of sp³-hybridized carbons (Fsp3) is 0.889. The summed E-state index contributed by atoms with van der Waals surface area (Å²) in [6, 6.07) is -0.469. The third kappa shape index (κ3) is 4.24. The maximum Gasteiger partial charge on any atom is 0.239 e. The van der Waals surface area contributed by atoms with Crippen LogP contribution in [0.4, 0.5) is 0 Å². The van der Waals surface area contributed by atoms with Crippen molar-refractivity contribution < 1.29 is 9.90 Å². The Balaban J connectivity index is 4.09. The van der Waals surface area contributed by atoms with E-state index in [1.54, 1.807) is 14.0 Å². The van der Waals surface area contributed by atoms with Crippen LogP contribution in [0.2, 0.25) is 0 Å². The highest BCUT2D eigenvalue weighted by Crippen LogP contribution is 2.02. The fourth-order valence-corrected chi connectivity index (χ4v) is 1.03. The molecule has 78 valence electrons. The van der Waals surface area contributed by atoms with Crippen LogP contribution in [0.1, 0.15) is 20.8 Å². The fourth-order valence-electron chi connectivity index (χ4n) is 1.03. The number of hydrogen-bond acceptors (Lipinski definition) is 3. The molecule has 0 radical (unpaired) electrons. The lowest BCUT2D eigenvalue weighted by Crippen LogP contribution is -2.46. The zero-order valence-corrected chi connectivity index (χ0v) is 8.82. The van der Waals surface area contributed by atoms with Crippen LogP contribution in [-0.4, -0.2) is 41.7 Å². The zero-order valence-electron chi connectivity index (χ0n) is 8.82. The van der Waals surface area contributed by atoms with E-state index >= 15 is 0 Å². The number of aliphatic hydroxyl groups excluding tert-OH is 1. The molecule has 0 bridgehead atoms. The van der Waals surface area contributed by atoms with Gasteiger partial charge in [0.2, 0.25) is 5.91 Å². The van der Waals surface area contributed by atoms with Gasteiger partial charge in [-0.1, -0.05) is 13.8 Å². The van der Waals surface area contributed by atoms with E-state index in [1.165, 1.54) is 4.90 Å². The number of carbonyl (C=O) groups excluding carboxylic acids is 1. The molecule has 0 saturated heterocycles. The number of carbonyl (C=O) groups is 1. The zero-order chi connectivity index (χ0) is 10.6. The molecule has 0 aromatic heterocycles. The van der Waals surface area contributed by atoms with Crippen LogP contribution < -0.4 is 5.73 Å². The molecule has 0 fully saturated rings. The van der Waals surface area contributed by atoms with Crippen LogP contribution in [0.15, 0.2) is 0 Å². The average Bonchev–Trinajstić information content (AvgIpc) is 2.00. The van der Waals surface area contributed by atoms with Crippen molar-refractivity contribution in [3.05, 3.63) is 0 Å². The van der Waals surface area contributed by atoms with Crippen molar-refractivity contribution in [1.82, 2.24) is 4.90 Å². The van der Waals surface area contributed by atoms with E-state index in [2.05, 4.69) is 0 Å². The normalized spacial score (nSPS) is 15.6. The maximum absolute atomic E-state index is 11.5. The van der Waals surface area contributed by atoms with Gasteiger partial charge in [0.15, 0.2) is 0 Å². The van der Waals surface area contributed by atoms with Gasteiger partial charge in [0, 0.05) is 13.6 Å². The molecule has 13 heavy (non-hydrogen) atoms. The summed E-state index contributed by atoms with van der Waals surface area (Å²) in [6.07, 6.45) is -0.506. The summed E-state index contributed by atoms with van der Waals surface area (Å²) in [4.78, 5) is 13.0. The molecule has 3 N–H and O–H groups in total. The molecule has 2 unspecified atom stereocenters. The standard InChI is InChI=1S/C9H20N2O2/c1-6(2)8(10)9(13)11(4)5-7(3)12/h6-8,12H,5,10H2,1-4H3. The average molecular weight is 188 g/mol. The van der Waals surface area contributed by atoms with Gasteiger partial charge in [-0.15, -0.1) is 0 Å². The summed E-state index contributed by atoms with van der Waals surface area (Å²) in [5.74, 6) is 0.0137. The highest BCUT2D eigenvalue weighted by molar-refractivity contribution is 5.81. The first-order valence-electron chi connectivity index (χ1n) is 4.55. The van der Waals surface area contributed by atoms with Crippen molar-refractivity contribution in [3.8, 4) is 0 Å². The third-order valence-corrected chi connectivity index (χ3v) is 1.92. The van der Waals surface area contributed by atoms with Crippen LogP contribution in [0.5, 0.6) is 0 Å². The minimum absolute atomic E-state index is 0.115. The van der Waals surface area contributed by atoms with E-state index < -0.39 is 12.1 Å². The Morgan fingerprint density at radius 2 is 1.92 bits per heavy atom. The number of aliphatic hydroxyl groups is 1. The van der Waals surface area contributed by atoms with Crippen molar-refractivity contribution >= 4 is 5.91 Å². The predicted octanol–water partition coefficient (Wildman–Crippen LogP) is -0.191. The Labute approximate surface area is 79.7 Å². The van der Waals surface area contributed by atoms with E-state index in [-0.39, 0.29) is 11.8 Å². The van der Waals surface area contributed by atoms with Crippen molar-refractivity contribution in [2.75, 3.05) is 13.6 Å². The molecule has 0 aliphatic carbocycles. The van der Waals surface area contributed by atoms with Crippen LogP contribution in [-0.2, 0) is 4.79 Å². The monoisotopic (exact) mass is 188 g/mol. The summed E-state index contributed by atoms with van der Waals surface area (Å²) < 4.78 is 0. The highest BCUT2D eigenvalue weighted by atomic mass is 16.3. The summed E-state index contributed by atoms with van der Waals surface area (Å²) in [7, 11) is 1.65. The Bertz CT molecular complexity index is 169. The highest BCUT2D eigenvalue weighted by Gasteiger charge is 2.21. The van der Waals surface area contributed by atoms with Gasteiger partial charge in [-0.05, 0) is 12.8 Å². The van der Waals surface area contributed by atoms with Gasteiger partial charge in [0.25, 0.3) is 0 Å². The number of rotatable bonds is 4. The smallest absolute Gasteiger partial charge is 0.239 e. The van der Waals surface area contributed by atoms with E-state index in [9.17, 15) is 4.79 Å². The van der Waals surface area contributed by atoms with Gasteiger partial charge in [0.05, 0.1) is 12.1 Å². The molecular formula is C9H20N2O2. The lowest BCUT2D eigenvalue weighted by Gasteiger charge is -2.24. The topological polar surface area (TPSA) is 66.6 Å². The van der Waals surface area contributed by atoms with Gasteiger partial charge >= 0.3 is 0 Å². The number of likely N-dealkylation sites (N-methyl/N-ethyl adjacent to an activating group) is 1. The Hall–Kier alpha value is -0.610. The second kappa shape index (κ2) is 5.19. The van der Waals surface area contributed by atoms with E-state index in [0.29, 0.717) is 6.54 Å². The molecule has 4 heteroatoms. The quantitative estimate of drug-likeness (QED) is 0.642. The summed E-state index contributed by atoms with van der Waals surface area (Å²) in [5, 5.41) is 9.06. The van der Waals surface area contributed by atoms with E-state index in [1.807, 2.05) is 13.8 Å². The number of nitrogens with zero attached hydrogens (tertiary/aromatic N) is 1. The Kier molecular flexibility index (Phi) is 4.95. The van der Waals surface area contributed by atoms with Crippen molar-refractivity contribution in [1.29, 1.82) is 0 Å². The van der Waals surface area contributed by atoms with E-state index in [0.717, 1.165) is 0 Å². The first-order chi connectivity index (χ1) is 5.86. The molecule has 0 heterocycles. The number of nitrogens with two attached hydrogens (primary N) is 1. The van der Waals surface area contributed by atoms with Gasteiger partial charge in [-0.3, -0.25) is 4.79 Å². The predicted molar refractivity (Wildman–Crippen MR) is 52.1 cm³/mol. The summed E-state index contributed by atoms with van der Waals surface area (Å²) >= 11 is 0. The molecule has 4 nitrogen and oxygen atoms in total. The maximum atomic E-state index is 11.5. The second-order valence-electron chi connectivity index (χ2n) is 3.84. The van der Waals surface area contributed by atoms with Crippen molar-refractivity contribution in [2.45, 2.75) is 32.9 Å². The molecular weight excluding hydrogens is 168 g/mol. The summed E-state index contributed by atoms with van der Waals surface area (Å²) in [5.41, 5.74) is 5.66. The molecule has 0 aromatic rings. The lowest BCUT2D eigenvalue weighted by molar-refractivity contribution is -0.133. The SMILES string of the molecule is CC(O)CN(C)C(=O)C(N)C(C)C. The Morgan fingerprint density at radius 1 is 1.46 bits per heavy atom. The second-order valence-corrected chi connectivity index (χ2v) is 3.84. The molecule has 1 amide bonds.